The summed E-state index contributed by atoms with van der Waals surface area (Å²) in [5, 5.41) is 0. The van der Waals surface area contributed by atoms with Gasteiger partial charge in [0, 0.05) is 0 Å². The van der Waals surface area contributed by atoms with Crippen LogP contribution in [-0.2, 0) is 0 Å². The van der Waals surface area contributed by atoms with Gasteiger partial charge in [0.1, 0.15) is 0 Å². The van der Waals surface area contributed by atoms with E-state index in [0.717, 1.165) is 12.1 Å². The van der Waals surface area contributed by atoms with Gasteiger partial charge in [-0.3, -0.25) is 0 Å². The molecule has 1 N–H and O–H groups in total. The Morgan fingerprint density at radius 2 is 1.56 bits per heavy atom. The van der Waals surface area contributed by atoms with E-state index in [1.165, 1.54) is 0 Å². The topological polar surface area (TPSA) is 20.2 Å². The quantitative estimate of drug-likeness (QED) is 0.606. The molecule has 0 saturated heterocycles. The van der Waals surface area contributed by atoms with Crippen LogP contribution in [0.2, 0.25) is 17.6 Å². The molecule has 0 saturated carbocycles. The molecule has 0 bridgehead atoms. The predicted molar refractivity (Wildman–Crippen MR) is 44.0 cm³/mol. The average molecular weight is 146 g/mol. The van der Waals surface area contributed by atoms with Gasteiger partial charge in [-0.2, -0.15) is 0 Å². The van der Waals surface area contributed by atoms with E-state index in [9.17, 15) is 4.80 Å². The predicted octanol–water partition coefficient (Wildman–Crippen LogP) is 2.37. The standard InChI is InChI=1S/C7H18OSi/c1-5-9(8,6-2)7(3)4/h7-8H,5-6H2,1-4H3. The van der Waals surface area contributed by atoms with Crippen LogP contribution in [0.5, 0.6) is 0 Å². The molecule has 0 aromatic rings. The van der Waals surface area contributed by atoms with E-state index in [1.54, 1.807) is 0 Å². The van der Waals surface area contributed by atoms with E-state index in [4.69, 9.17) is 0 Å². The highest BCUT2D eigenvalue weighted by atomic mass is 28.4. The molecule has 0 aliphatic rings. The molecule has 0 aromatic heterocycles. The zero-order chi connectivity index (χ0) is 7.49. The first-order valence-electron chi connectivity index (χ1n) is 3.79. The van der Waals surface area contributed by atoms with Crippen LogP contribution in [0, 0.1) is 0 Å². The van der Waals surface area contributed by atoms with Crippen molar-refractivity contribution >= 4 is 8.32 Å². The molecular formula is C7H18OSi. The summed E-state index contributed by atoms with van der Waals surface area (Å²) in [7, 11) is -1.77. The highest BCUT2D eigenvalue weighted by Crippen LogP contribution is 2.24. The summed E-state index contributed by atoms with van der Waals surface area (Å²) in [6.45, 7) is 8.43. The van der Waals surface area contributed by atoms with Gasteiger partial charge in [0.05, 0.1) is 0 Å². The van der Waals surface area contributed by atoms with E-state index < -0.39 is 8.32 Å². The summed E-state index contributed by atoms with van der Waals surface area (Å²) in [6.07, 6.45) is 0. The zero-order valence-electron chi connectivity index (χ0n) is 6.94. The van der Waals surface area contributed by atoms with Crippen LogP contribution >= 0.6 is 0 Å². The van der Waals surface area contributed by atoms with Crippen molar-refractivity contribution < 1.29 is 4.80 Å². The number of rotatable bonds is 3. The zero-order valence-corrected chi connectivity index (χ0v) is 7.94. The summed E-state index contributed by atoms with van der Waals surface area (Å²) in [6, 6.07) is 2.00. The first-order valence-corrected chi connectivity index (χ1v) is 6.23. The fourth-order valence-corrected chi connectivity index (χ4v) is 3.20. The molecule has 0 unspecified atom stereocenters. The minimum Gasteiger partial charge on any atom is -0.431 e. The van der Waals surface area contributed by atoms with Gasteiger partial charge in [0.2, 0.25) is 0 Å². The summed E-state index contributed by atoms with van der Waals surface area (Å²) in [4.78, 5) is 9.84. The molecule has 0 rings (SSSR count). The van der Waals surface area contributed by atoms with Gasteiger partial charge < -0.3 is 4.80 Å². The maximum atomic E-state index is 9.84. The van der Waals surface area contributed by atoms with Crippen molar-refractivity contribution in [1.29, 1.82) is 0 Å². The minimum absolute atomic E-state index is 0.521. The third kappa shape index (κ3) is 2.10. The van der Waals surface area contributed by atoms with E-state index in [2.05, 4.69) is 27.7 Å². The van der Waals surface area contributed by atoms with Gasteiger partial charge in [-0.15, -0.1) is 0 Å². The van der Waals surface area contributed by atoms with Crippen molar-refractivity contribution in [2.75, 3.05) is 0 Å². The van der Waals surface area contributed by atoms with Crippen LogP contribution in [0.25, 0.3) is 0 Å². The first-order chi connectivity index (χ1) is 4.06. The van der Waals surface area contributed by atoms with Crippen LogP contribution < -0.4 is 0 Å². The summed E-state index contributed by atoms with van der Waals surface area (Å²) in [5.41, 5.74) is 0.521. The first kappa shape index (κ1) is 9.18. The second-order valence-electron chi connectivity index (χ2n) is 2.97. The van der Waals surface area contributed by atoms with Gasteiger partial charge in [-0.1, -0.05) is 27.7 Å². The molecular weight excluding hydrogens is 128 g/mol. The molecule has 0 spiro atoms. The maximum Gasteiger partial charge on any atom is 0.190 e. The van der Waals surface area contributed by atoms with Crippen molar-refractivity contribution in [2.45, 2.75) is 45.3 Å². The molecule has 0 fully saturated rings. The second-order valence-corrected chi connectivity index (χ2v) is 7.74. The Kier molecular flexibility index (Phi) is 3.44. The molecule has 0 heterocycles. The highest BCUT2D eigenvalue weighted by molar-refractivity contribution is 6.73. The Hall–Kier alpha value is 0.177. The number of hydrogen-bond acceptors (Lipinski definition) is 1. The fraction of sp³-hybridized carbons (Fsp3) is 1.00. The Balaban J connectivity index is 3.92. The van der Waals surface area contributed by atoms with Crippen molar-refractivity contribution in [3.05, 3.63) is 0 Å². The molecule has 56 valence electrons. The molecule has 2 heteroatoms. The monoisotopic (exact) mass is 146 g/mol. The summed E-state index contributed by atoms with van der Waals surface area (Å²) < 4.78 is 0. The van der Waals surface area contributed by atoms with E-state index in [0.29, 0.717) is 5.54 Å². The molecule has 0 aliphatic heterocycles. The molecule has 9 heavy (non-hydrogen) atoms. The average Bonchev–Trinajstić information content (AvgIpc) is 1.86. The van der Waals surface area contributed by atoms with Crippen LogP contribution in [-0.4, -0.2) is 13.1 Å². The van der Waals surface area contributed by atoms with Crippen LogP contribution in [0.3, 0.4) is 0 Å². The Morgan fingerprint density at radius 3 is 1.56 bits per heavy atom. The lowest BCUT2D eigenvalue weighted by molar-refractivity contribution is 0.512. The molecule has 0 aromatic carbocycles. The summed E-state index contributed by atoms with van der Waals surface area (Å²) >= 11 is 0. The SMILES string of the molecule is CC[Si](O)(CC)C(C)C. The Morgan fingerprint density at radius 1 is 1.22 bits per heavy atom. The third-order valence-electron chi connectivity index (χ3n) is 2.30. The molecule has 1 nitrogen and oxygen atoms in total. The van der Waals surface area contributed by atoms with Gasteiger partial charge in [-0.25, -0.2) is 0 Å². The smallest absolute Gasteiger partial charge is 0.190 e. The van der Waals surface area contributed by atoms with Crippen molar-refractivity contribution in [2.24, 2.45) is 0 Å². The molecule has 0 atom stereocenters. The van der Waals surface area contributed by atoms with Gasteiger partial charge in [0.25, 0.3) is 0 Å². The van der Waals surface area contributed by atoms with E-state index in [-0.39, 0.29) is 0 Å². The Bertz CT molecular complexity index is 77.0. The lowest BCUT2D eigenvalue weighted by Gasteiger charge is -2.25. The van der Waals surface area contributed by atoms with E-state index in [1.807, 2.05) is 0 Å². The van der Waals surface area contributed by atoms with Crippen LogP contribution in [0.4, 0.5) is 0 Å². The van der Waals surface area contributed by atoms with Gasteiger partial charge >= 0.3 is 0 Å². The van der Waals surface area contributed by atoms with Crippen molar-refractivity contribution in [3.8, 4) is 0 Å². The number of hydrogen-bond donors (Lipinski definition) is 1. The lowest BCUT2D eigenvalue weighted by Crippen LogP contribution is -2.35. The largest absolute Gasteiger partial charge is 0.431 e. The molecule has 0 amide bonds. The van der Waals surface area contributed by atoms with Gasteiger partial charge in [0.15, 0.2) is 8.32 Å². The van der Waals surface area contributed by atoms with Crippen molar-refractivity contribution in [1.82, 2.24) is 0 Å². The molecule has 0 radical (unpaired) electrons. The fourth-order valence-electron chi connectivity index (χ4n) is 1.07. The normalized spacial score (nSPS) is 12.7. The highest BCUT2D eigenvalue weighted by Gasteiger charge is 2.29. The van der Waals surface area contributed by atoms with Crippen molar-refractivity contribution in [3.63, 3.8) is 0 Å². The lowest BCUT2D eigenvalue weighted by atomic mass is 10.6. The van der Waals surface area contributed by atoms with Crippen LogP contribution in [0.15, 0.2) is 0 Å². The summed E-state index contributed by atoms with van der Waals surface area (Å²) in [5.74, 6) is 0. The van der Waals surface area contributed by atoms with E-state index >= 15 is 0 Å². The third-order valence-corrected chi connectivity index (χ3v) is 6.90. The Labute approximate surface area is 59.2 Å². The maximum absolute atomic E-state index is 9.84. The van der Waals surface area contributed by atoms with Gasteiger partial charge in [-0.05, 0) is 17.6 Å². The van der Waals surface area contributed by atoms with Crippen LogP contribution in [0.1, 0.15) is 27.7 Å². The minimum atomic E-state index is -1.77. The second kappa shape index (κ2) is 3.37. The molecule has 0 aliphatic carbocycles.